The Bertz CT molecular complexity index is 779. The third-order valence-electron chi connectivity index (χ3n) is 4.80. The van der Waals surface area contributed by atoms with E-state index < -0.39 is 50.4 Å². The van der Waals surface area contributed by atoms with Crippen molar-refractivity contribution in [2.75, 3.05) is 13.2 Å². The van der Waals surface area contributed by atoms with E-state index in [4.69, 9.17) is 25.9 Å². The van der Waals surface area contributed by atoms with Crippen LogP contribution < -0.4 is 0 Å². The maximum Gasteiger partial charge on any atom is 0.333 e. The lowest BCUT2D eigenvalue weighted by Crippen LogP contribution is -2.52. The van der Waals surface area contributed by atoms with Gasteiger partial charge in [-0.2, -0.15) is 0 Å². The number of carbonyl (C=O) groups excluding carboxylic acids is 2. The van der Waals surface area contributed by atoms with Crippen LogP contribution in [0.2, 0.25) is 104 Å². The fourth-order valence-electron chi connectivity index (χ4n) is 4.20. The van der Waals surface area contributed by atoms with Crippen LogP contribution >= 0.6 is 0 Å². The number of esters is 2. The predicted octanol–water partition coefficient (Wildman–Crippen LogP) is 8.54. The van der Waals surface area contributed by atoms with Crippen LogP contribution in [0.3, 0.4) is 0 Å². The second kappa shape index (κ2) is 17.9. The van der Waals surface area contributed by atoms with Gasteiger partial charge < -0.3 is 25.9 Å². The van der Waals surface area contributed by atoms with Gasteiger partial charge in [-0.3, -0.25) is 0 Å². The molecule has 0 heterocycles. The molecule has 0 saturated carbocycles. The summed E-state index contributed by atoms with van der Waals surface area (Å²) >= 11 is 0. The van der Waals surface area contributed by atoms with Crippen LogP contribution in [0.4, 0.5) is 0 Å². The monoisotopic (exact) mass is 696 g/mol. The lowest BCUT2D eigenvalue weighted by Gasteiger charge is -2.38. The summed E-state index contributed by atoms with van der Waals surface area (Å²) in [6.45, 7) is 41.8. The number of ether oxygens (including phenoxy) is 2. The highest BCUT2D eigenvalue weighted by molar-refractivity contribution is 6.88. The van der Waals surface area contributed by atoms with Gasteiger partial charge in [-0.25, -0.2) is 9.59 Å². The highest BCUT2D eigenvalue weighted by atomic mass is 28.5. The molecule has 0 rings (SSSR count). The third kappa shape index (κ3) is 26.0. The van der Waals surface area contributed by atoms with Crippen molar-refractivity contribution in [3.05, 3.63) is 24.3 Å². The van der Waals surface area contributed by atoms with E-state index in [9.17, 15) is 9.59 Å². The lowest BCUT2D eigenvalue weighted by atomic mass is 10.4. The summed E-state index contributed by atoms with van der Waals surface area (Å²) in [4.78, 5) is 22.7. The standard InChI is InChI=1S/2C14H32O4Si3/c2*1-13(2)14(15)16-11-10-12-21(9,17-19(3,4)5)18-20(6,7)8/h2*1,10-12H2,2-9H3. The first-order chi connectivity index (χ1) is 18.5. The Kier molecular flexibility index (Phi) is 18.6. The van der Waals surface area contributed by atoms with Crippen molar-refractivity contribution in [3.63, 3.8) is 0 Å². The van der Waals surface area contributed by atoms with Crippen molar-refractivity contribution in [1.82, 2.24) is 0 Å². The molecule has 0 saturated heterocycles. The van der Waals surface area contributed by atoms with Crippen LogP contribution in [0.5, 0.6) is 0 Å². The van der Waals surface area contributed by atoms with Gasteiger partial charge in [0.2, 0.25) is 0 Å². The van der Waals surface area contributed by atoms with Gasteiger partial charge in [-0.15, -0.1) is 0 Å². The molecule has 0 unspecified atom stereocenters. The van der Waals surface area contributed by atoms with E-state index in [0.717, 1.165) is 24.9 Å². The Hall–Kier alpha value is -0.439. The Balaban J connectivity index is 0. The predicted molar refractivity (Wildman–Crippen MR) is 191 cm³/mol. The number of carbonyl (C=O) groups is 2. The molecule has 14 heteroatoms. The van der Waals surface area contributed by atoms with Gasteiger partial charge in [-0.1, -0.05) is 13.2 Å². The van der Waals surface area contributed by atoms with Crippen LogP contribution in [0, 0.1) is 0 Å². The van der Waals surface area contributed by atoms with Gasteiger partial charge in [0.05, 0.1) is 13.2 Å². The zero-order valence-corrected chi connectivity index (χ0v) is 35.9. The zero-order chi connectivity index (χ0) is 33.8. The molecule has 8 nitrogen and oxygen atoms in total. The molecule has 0 N–H and O–H groups in total. The van der Waals surface area contributed by atoms with Crippen LogP contribution in [0.25, 0.3) is 0 Å². The first-order valence-electron chi connectivity index (χ1n) is 14.9. The topological polar surface area (TPSA) is 89.5 Å². The molecule has 0 spiro atoms. The minimum absolute atomic E-state index is 0.324. The van der Waals surface area contributed by atoms with E-state index in [0.29, 0.717) is 24.4 Å². The Morgan fingerprint density at radius 1 is 0.476 bits per heavy atom. The normalized spacial score (nSPS) is 13.1. The van der Waals surface area contributed by atoms with E-state index in [1.165, 1.54) is 0 Å². The number of hydrogen-bond donors (Lipinski definition) is 0. The summed E-state index contributed by atoms with van der Waals surface area (Å²) in [5.74, 6) is -0.647. The average Bonchev–Trinajstić information content (AvgIpc) is 2.68. The summed E-state index contributed by atoms with van der Waals surface area (Å²) in [5, 5.41) is 0. The lowest BCUT2D eigenvalue weighted by molar-refractivity contribution is -0.139. The van der Waals surface area contributed by atoms with Crippen molar-refractivity contribution in [1.29, 1.82) is 0 Å². The Morgan fingerprint density at radius 2 is 0.690 bits per heavy atom. The van der Waals surface area contributed by atoms with Crippen molar-refractivity contribution in [3.8, 4) is 0 Å². The van der Waals surface area contributed by atoms with Crippen LogP contribution in [-0.2, 0) is 35.5 Å². The quantitative estimate of drug-likeness (QED) is 0.0610. The SMILES string of the molecule is C=C(C)C(=O)OCCC[Si](C)(O[Si](C)(C)C)O[Si](C)(C)C.C=C(C)C(=O)OCCC[Si](C)(O[Si](C)(C)C)O[Si](C)(C)C. The van der Waals surface area contributed by atoms with Crippen molar-refractivity contribution >= 4 is 62.3 Å². The molecule has 248 valence electrons. The van der Waals surface area contributed by atoms with Gasteiger partial charge in [-0.05, 0) is 130 Å². The minimum Gasteiger partial charge on any atom is -0.462 e. The summed E-state index contributed by atoms with van der Waals surface area (Å²) < 4.78 is 35.9. The fourth-order valence-corrected chi connectivity index (χ4v) is 29.2. The summed E-state index contributed by atoms with van der Waals surface area (Å²) in [6.07, 6.45) is 1.55. The fraction of sp³-hybridized carbons (Fsp3) is 0.786. The van der Waals surface area contributed by atoms with E-state index in [2.05, 4.69) is 105 Å². The number of rotatable bonds is 18. The first kappa shape index (κ1) is 43.7. The number of hydrogen-bond acceptors (Lipinski definition) is 8. The molecule has 42 heavy (non-hydrogen) atoms. The molecule has 0 aliphatic heterocycles. The first-order valence-corrected chi connectivity index (χ1v) is 33.6. The van der Waals surface area contributed by atoms with Gasteiger partial charge in [0, 0.05) is 11.1 Å². The van der Waals surface area contributed by atoms with Gasteiger partial charge in [0.15, 0.2) is 33.3 Å². The van der Waals surface area contributed by atoms with Crippen LogP contribution in [-0.4, -0.2) is 75.5 Å². The van der Waals surface area contributed by atoms with E-state index in [1.54, 1.807) is 13.8 Å². The van der Waals surface area contributed by atoms with E-state index in [1.807, 2.05) is 0 Å². The van der Waals surface area contributed by atoms with Gasteiger partial charge in [0.1, 0.15) is 0 Å². The van der Waals surface area contributed by atoms with Gasteiger partial charge >= 0.3 is 29.1 Å². The Labute approximate surface area is 264 Å². The van der Waals surface area contributed by atoms with Crippen molar-refractivity contribution in [2.45, 2.75) is 130 Å². The minimum atomic E-state index is -2.21. The molecule has 0 amide bonds. The average molecular weight is 697 g/mol. The molecule has 0 bridgehead atoms. The second-order valence-electron chi connectivity index (χ2n) is 15.2. The largest absolute Gasteiger partial charge is 0.462 e. The van der Waals surface area contributed by atoms with Gasteiger partial charge in [0.25, 0.3) is 0 Å². The molecule has 0 aromatic rings. The molecule has 0 radical (unpaired) electrons. The zero-order valence-electron chi connectivity index (χ0n) is 29.9. The third-order valence-corrected chi connectivity index (χ3v) is 24.0. The maximum atomic E-state index is 11.4. The molecule has 0 atom stereocenters. The smallest absolute Gasteiger partial charge is 0.333 e. The molecule has 0 fully saturated rings. The molecule has 0 aromatic carbocycles. The molecule has 0 aliphatic carbocycles. The van der Waals surface area contributed by atoms with Crippen molar-refractivity contribution in [2.24, 2.45) is 0 Å². The van der Waals surface area contributed by atoms with Crippen LogP contribution in [0.1, 0.15) is 26.7 Å². The molecule has 0 aromatic heterocycles. The molecular formula is C28H64O8Si6. The summed E-state index contributed by atoms with van der Waals surface area (Å²) in [7, 11) is -11.0. The molecule has 0 aliphatic rings. The van der Waals surface area contributed by atoms with Crippen LogP contribution in [0.15, 0.2) is 24.3 Å². The van der Waals surface area contributed by atoms with E-state index in [-0.39, 0.29) is 11.9 Å². The van der Waals surface area contributed by atoms with Crippen molar-refractivity contribution < 1.29 is 35.5 Å². The Morgan fingerprint density at radius 3 is 0.857 bits per heavy atom. The summed E-state index contributed by atoms with van der Waals surface area (Å²) in [5.41, 5.74) is 0.874. The maximum absolute atomic E-state index is 11.4. The second-order valence-corrected chi connectivity index (χ2v) is 40.9. The highest BCUT2D eigenvalue weighted by Crippen LogP contribution is 2.26. The molecular weight excluding hydrogens is 633 g/mol. The summed E-state index contributed by atoms with van der Waals surface area (Å²) in [6, 6.07) is 1.70. The van der Waals surface area contributed by atoms with E-state index >= 15 is 0 Å². The highest BCUT2D eigenvalue weighted by Gasteiger charge is 2.41.